The number of hydrogen-bond donors (Lipinski definition) is 1. The highest BCUT2D eigenvalue weighted by Crippen LogP contribution is 2.47. The van der Waals surface area contributed by atoms with Crippen LogP contribution in [0.15, 0.2) is 24.3 Å². The van der Waals surface area contributed by atoms with Gasteiger partial charge < -0.3 is 10.0 Å². The Bertz CT molecular complexity index is 880. The van der Waals surface area contributed by atoms with Gasteiger partial charge in [-0.3, -0.25) is 14.4 Å². The van der Waals surface area contributed by atoms with Crippen LogP contribution in [0.5, 0.6) is 0 Å². The number of aliphatic hydroxyl groups excluding tert-OH is 1. The third-order valence-electron chi connectivity index (χ3n) is 7.66. The summed E-state index contributed by atoms with van der Waals surface area (Å²) in [6.07, 6.45) is 5.94. The van der Waals surface area contributed by atoms with Crippen LogP contribution in [0, 0.1) is 11.3 Å². The molecule has 28 heavy (non-hydrogen) atoms. The van der Waals surface area contributed by atoms with Gasteiger partial charge in [-0.05, 0) is 37.2 Å². The molecule has 2 saturated heterocycles. The quantitative estimate of drug-likeness (QED) is 0.885. The number of rotatable bonds is 3. The van der Waals surface area contributed by atoms with Gasteiger partial charge in [0.2, 0.25) is 0 Å². The number of aryl methyl sites for hydroxylation is 1. The Hall–Kier alpha value is -1.92. The van der Waals surface area contributed by atoms with Crippen molar-refractivity contribution < 1.29 is 9.90 Å². The molecule has 1 aromatic heterocycles. The molecule has 1 aliphatic carbocycles. The van der Waals surface area contributed by atoms with E-state index in [2.05, 4.69) is 10.00 Å². The Morgan fingerprint density at radius 3 is 2.68 bits per heavy atom. The average Bonchev–Trinajstić information content (AvgIpc) is 3.19. The van der Waals surface area contributed by atoms with Crippen molar-refractivity contribution >= 4 is 16.8 Å². The number of piperidine rings is 1. The third kappa shape index (κ3) is 2.77. The lowest BCUT2D eigenvalue weighted by atomic mass is 9.71. The topological polar surface area (TPSA) is 61.6 Å². The maximum absolute atomic E-state index is 13.2. The molecule has 1 saturated carbocycles. The van der Waals surface area contributed by atoms with Crippen LogP contribution in [0.4, 0.5) is 0 Å². The lowest BCUT2D eigenvalue weighted by molar-refractivity contribution is 0.0382. The second-order valence-corrected chi connectivity index (χ2v) is 9.04. The zero-order chi connectivity index (χ0) is 19.3. The highest BCUT2D eigenvalue weighted by atomic mass is 16.3. The number of fused-ring (bicyclic) bond motifs is 1. The number of amides is 1. The summed E-state index contributed by atoms with van der Waals surface area (Å²) in [5, 5.41) is 15.5. The predicted octanol–water partition coefficient (Wildman–Crippen LogP) is 2.27. The summed E-state index contributed by atoms with van der Waals surface area (Å²) in [6, 6.07) is 8.66. The first-order valence-electron chi connectivity index (χ1n) is 10.7. The van der Waals surface area contributed by atoms with Gasteiger partial charge in [0.25, 0.3) is 5.91 Å². The van der Waals surface area contributed by atoms with Crippen LogP contribution in [0.1, 0.15) is 42.6 Å². The number of nitrogens with zero attached hydrogens (tertiary/aromatic N) is 4. The number of carbonyl (C=O) groups is 1. The fourth-order valence-electron chi connectivity index (χ4n) is 5.60. The number of para-hydroxylation sites is 1. The monoisotopic (exact) mass is 382 g/mol. The standard InChI is InChI=1S/C22H30N4O2/c1-24-19-8-3-2-7-18(19)20(23-24)21(28)25-11-9-22(10-12-25)15-26(13-16(22)14-27)17-5-4-6-17/h2-3,7-8,16-17,27H,4-6,9-15H2,1H3. The van der Waals surface area contributed by atoms with Gasteiger partial charge in [-0.25, -0.2) is 0 Å². The molecule has 0 bridgehead atoms. The van der Waals surface area contributed by atoms with Crippen LogP contribution in [0.25, 0.3) is 10.9 Å². The Kier molecular flexibility index (Phi) is 4.43. The zero-order valence-electron chi connectivity index (χ0n) is 16.7. The highest BCUT2D eigenvalue weighted by Gasteiger charge is 2.50. The van der Waals surface area contributed by atoms with Gasteiger partial charge in [0.15, 0.2) is 5.69 Å². The molecule has 1 spiro atoms. The first kappa shape index (κ1) is 18.1. The Labute approximate surface area is 166 Å². The van der Waals surface area contributed by atoms with Gasteiger partial charge in [0.1, 0.15) is 0 Å². The average molecular weight is 383 g/mol. The van der Waals surface area contributed by atoms with Gasteiger partial charge in [0, 0.05) is 57.2 Å². The van der Waals surface area contributed by atoms with E-state index < -0.39 is 0 Å². The molecular weight excluding hydrogens is 352 g/mol. The van der Waals surface area contributed by atoms with Crippen molar-refractivity contribution in [3.63, 3.8) is 0 Å². The fraction of sp³-hybridized carbons (Fsp3) is 0.636. The summed E-state index contributed by atoms with van der Waals surface area (Å²) < 4.78 is 1.79. The third-order valence-corrected chi connectivity index (χ3v) is 7.66. The van der Waals surface area contributed by atoms with E-state index in [1.54, 1.807) is 4.68 Å². The molecule has 1 unspecified atom stereocenters. The normalized spacial score (nSPS) is 25.5. The van der Waals surface area contributed by atoms with Gasteiger partial charge in [-0.2, -0.15) is 5.10 Å². The number of benzene rings is 1. The molecule has 1 amide bonds. The molecule has 1 aromatic carbocycles. The van der Waals surface area contributed by atoms with Crippen molar-refractivity contribution in [3.05, 3.63) is 30.0 Å². The van der Waals surface area contributed by atoms with Crippen molar-refractivity contribution in [2.24, 2.45) is 18.4 Å². The van der Waals surface area contributed by atoms with Crippen LogP contribution in [0.3, 0.4) is 0 Å². The summed E-state index contributed by atoms with van der Waals surface area (Å²) in [5.74, 6) is 0.391. The molecule has 3 fully saturated rings. The first-order chi connectivity index (χ1) is 13.6. The summed E-state index contributed by atoms with van der Waals surface area (Å²) >= 11 is 0. The minimum absolute atomic E-state index is 0.0426. The molecule has 3 heterocycles. The summed E-state index contributed by atoms with van der Waals surface area (Å²) in [5.41, 5.74) is 1.73. The molecular formula is C22H30N4O2. The summed E-state index contributed by atoms with van der Waals surface area (Å²) in [6.45, 7) is 3.91. The second kappa shape index (κ2) is 6.85. The molecule has 6 nitrogen and oxygen atoms in total. The molecule has 3 aliphatic rings. The van der Waals surface area contributed by atoms with E-state index in [0.717, 1.165) is 56.0 Å². The number of carbonyl (C=O) groups excluding carboxylic acids is 1. The number of hydrogen-bond acceptors (Lipinski definition) is 4. The van der Waals surface area contributed by atoms with Crippen molar-refractivity contribution in [2.45, 2.75) is 38.1 Å². The maximum Gasteiger partial charge on any atom is 0.275 e. The molecule has 2 aromatic rings. The van der Waals surface area contributed by atoms with Crippen molar-refractivity contribution in [1.82, 2.24) is 19.6 Å². The van der Waals surface area contributed by atoms with E-state index >= 15 is 0 Å². The van der Waals surface area contributed by atoms with Crippen LogP contribution in [-0.4, -0.2) is 69.4 Å². The smallest absolute Gasteiger partial charge is 0.275 e. The van der Waals surface area contributed by atoms with Gasteiger partial charge in [-0.1, -0.05) is 24.6 Å². The molecule has 2 aliphatic heterocycles. The van der Waals surface area contributed by atoms with E-state index in [-0.39, 0.29) is 17.9 Å². The highest BCUT2D eigenvalue weighted by molar-refractivity contribution is 6.04. The van der Waals surface area contributed by atoms with Crippen molar-refractivity contribution in [3.8, 4) is 0 Å². The Balaban J connectivity index is 1.32. The molecule has 1 N–H and O–H groups in total. The molecule has 5 rings (SSSR count). The van der Waals surface area contributed by atoms with E-state index in [4.69, 9.17) is 0 Å². The second-order valence-electron chi connectivity index (χ2n) is 9.04. The predicted molar refractivity (Wildman–Crippen MR) is 108 cm³/mol. The van der Waals surface area contributed by atoms with Crippen LogP contribution >= 0.6 is 0 Å². The van der Waals surface area contributed by atoms with Crippen molar-refractivity contribution in [2.75, 3.05) is 32.8 Å². The van der Waals surface area contributed by atoms with E-state index in [9.17, 15) is 9.90 Å². The number of aromatic nitrogens is 2. The SMILES string of the molecule is Cn1nc(C(=O)N2CCC3(CC2)CN(C2CCC2)CC3CO)c2ccccc21. The number of aliphatic hydroxyl groups is 1. The summed E-state index contributed by atoms with van der Waals surface area (Å²) in [7, 11) is 1.89. The largest absolute Gasteiger partial charge is 0.396 e. The van der Waals surface area contributed by atoms with Gasteiger partial charge in [-0.15, -0.1) is 0 Å². The zero-order valence-corrected chi connectivity index (χ0v) is 16.7. The van der Waals surface area contributed by atoms with Crippen LogP contribution in [0.2, 0.25) is 0 Å². The molecule has 150 valence electrons. The molecule has 1 atom stereocenters. The van der Waals surface area contributed by atoms with E-state index in [0.29, 0.717) is 11.6 Å². The Morgan fingerprint density at radius 2 is 2.00 bits per heavy atom. The Morgan fingerprint density at radius 1 is 1.25 bits per heavy atom. The maximum atomic E-state index is 13.2. The van der Waals surface area contributed by atoms with Gasteiger partial charge in [0.05, 0.1) is 5.52 Å². The molecule has 6 heteroatoms. The van der Waals surface area contributed by atoms with Crippen LogP contribution < -0.4 is 0 Å². The van der Waals surface area contributed by atoms with Gasteiger partial charge >= 0.3 is 0 Å². The first-order valence-corrected chi connectivity index (χ1v) is 10.7. The minimum atomic E-state index is 0.0426. The fourth-order valence-corrected chi connectivity index (χ4v) is 5.60. The van der Waals surface area contributed by atoms with Crippen molar-refractivity contribution in [1.29, 1.82) is 0 Å². The minimum Gasteiger partial charge on any atom is -0.396 e. The summed E-state index contributed by atoms with van der Waals surface area (Å²) in [4.78, 5) is 17.8. The number of likely N-dealkylation sites (tertiary alicyclic amines) is 2. The lowest BCUT2D eigenvalue weighted by Crippen LogP contribution is -2.47. The molecule has 0 radical (unpaired) electrons. The van der Waals surface area contributed by atoms with E-state index in [1.807, 2.05) is 36.2 Å². The van der Waals surface area contributed by atoms with Crippen LogP contribution in [-0.2, 0) is 7.05 Å². The lowest BCUT2D eigenvalue weighted by Gasteiger charge is -2.43. The van der Waals surface area contributed by atoms with E-state index in [1.165, 1.54) is 19.3 Å².